The first-order valence-electron chi connectivity index (χ1n) is 5.47. The molecule has 1 N–H and O–H groups in total. The van der Waals surface area contributed by atoms with Crippen LogP contribution in [0.15, 0.2) is 24.3 Å². The van der Waals surface area contributed by atoms with E-state index < -0.39 is 5.97 Å². The Morgan fingerprint density at radius 3 is 2.50 bits per heavy atom. The van der Waals surface area contributed by atoms with E-state index in [1.54, 1.807) is 0 Å². The van der Waals surface area contributed by atoms with Crippen molar-refractivity contribution in [2.75, 3.05) is 14.2 Å². The molecule has 0 saturated carbocycles. The molecule has 0 heterocycles. The SMILES string of the molecule is COc1c(C(=O)O)cc(OC)c2c(C)cccc12. The molecule has 0 aromatic heterocycles. The molecule has 0 radical (unpaired) electrons. The first-order chi connectivity index (χ1) is 8.60. The van der Waals surface area contributed by atoms with E-state index in [1.165, 1.54) is 20.3 Å². The minimum absolute atomic E-state index is 0.104. The number of ether oxygens (including phenoxy) is 2. The van der Waals surface area contributed by atoms with Crippen LogP contribution in [-0.2, 0) is 0 Å². The van der Waals surface area contributed by atoms with E-state index in [1.807, 2.05) is 25.1 Å². The summed E-state index contributed by atoms with van der Waals surface area (Å²) >= 11 is 0. The lowest BCUT2D eigenvalue weighted by Gasteiger charge is -2.14. The number of methoxy groups -OCH3 is 2. The van der Waals surface area contributed by atoms with Crippen LogP contribution in [0.2, 0.25) is 0 Å². The molecule has 0 atom stereocenters. The number of hydrogen-bond acceptors (Lipinski definition) is 3. The van der Waals surface area contributed by atoms with E-state index in [0.717, 1.165) is 16.3 Å². The first-order valence-corrected chi connectivity index (χ1v) is 5.47. The van der Waals surface area contributed by atoms with Gasteiger partial charge in [0.1, 0.15) is 17.1 Å². The van der Waals surface area contributed by atoms with E-state index in [0.29, 0.717) is 11.5 Å². The number of carboxylic acids is 1. The molecule has 0 bridgehead atoms. The van der Waals surface area contributed by atoms with Gasteiger partial charge >= 0.3 is 5.97 Å². The number of carbonyl (C=O) groups is 1. The molecule has 4 nitrogen and oxygen atoms in total. The normalized spacial score (nSPS) is 10.4. The molecule has 0 aliphatic heterocycles. The minimum Gasteiger partial charge on any atom is -0.496 e. The number of hydrogen-bond donors (Lipinski definition) is 1. The van der Waals surface area contributed by atoms with Crippen molar-refractivity contribution in [2.45, 2.75) is 6.92 Å². The van der Waals surface area contributed by atoms with E-state index in [-0.39, 0.29) is 5.56 Å². The third kappa shape index (κ3) is 1.76. The van der Waals surface area contributed by atoms with Crippen molar-refractivity contribution < 1.29 is 19.4 Å². The fourth-order valence-electron chi connectivity index (χ4n) is 2.14. The Morgan fingerprint density at radius 2 is 1.94 bits per heavy atom. The lowest BCUT2D eigenvalue weighted by atomic mass is 10.00. The molecule has 4 heteroatoms. The fraction of sp³-hybridized carbons (Fsp3) is 0.214. The summed E-state index contributed by atoms with van der Waals surface area (Å²) in [7, 11) is 3.00. The number of benzene rings is 2. The molecular formula is C14H14O4. The van der Waals surface area contributed by atoms with E-state index >= 15 is 0 Å². The zero-order chi connectivity index (χ0) is 13.3. The third-order valence-electron chi connectivity index (χ3n) is 2.94. The quantitative estimate of drug-likeness (QED) is 0.904. The molecule has 0 fully saturated rings. The van der Waals surface area contributed by atoms with Crippen molar-refractivity contribution in [1.82, 2.24) is 0 Å². The van der Waals surface area contributed by atoms with Gasteiger partial charge < -0.3 is 14.6 Å². The lowest BCUT2D eigenvalue weighted by Crippen LogP contribution is -2.03. The van der Waals surface area contributed by atoms with Crippen LogP contribution in [0.4, 0.5) is 0 Å². The topological polar surface area (TPSA) is 55.8 Å². The highest BCUT2D eigenvalue weighted by Gasteiger charge is 2.18. The van der Waals surface area contributed by atoms with Gasteiger partial charge in [-0.15, -0.1) is 0 Å². The van der Waals surface area contributed by atoms with Gasteiger partial charge in [-0.05, 0) is 18.6 Å². The van der Waals surface area contributed by atoms with Gasteiger partial charge in [0.2, 0.25) is 0 Å². The first kappa shape index (κ1) is 12.2. The summed E-state index contributed by atoms with van der Waals surface area (Å²) in [5.74, 6) is -0.128. The van der Waals surface area contributed by atoms with Crippen molar-refractivity contribution in [1.29, 1.82) is 0 Å². The molecule has 2 aromatic rings. The molecule has 94 valence electrons. The molecule has 0 amide bonds. The molecular weight excluding hydrogens is 232 g/mol. The Labute approximate surface area is 105 Å². The lowest BCUT2D eigenvalue weighted by molar-refractivity contribution is 0.0693. The minimum atomic E-state index is -1.03. The molecule has 2 aromatic carbocycles. The van der Waals surface area contributed by atoms with Gasteiger partial charge in [0, 0.05) is 10.8 Å². The fourth-order valence-corrected chi connectivity index (χ4v) is 2.14. The van der Waals surface area contributed by atoms with Crippen LogP contribution in [0.25, 0.3) is 10.8 Å². The van der Waals surface area contributed by atoms with Crippen LogP contribution in [0.5, 0.6) is 11.5 Å². The van der Waals surface area contributed by atoms with Crippen molar-refractivity contribution >= 4 is 16.7 Å². The van der Waals surface area contributed by atoms with Gasteiger partial charge in [0.05, 0.1) is 14.2 Å². The Balaban J connectivity index is 2.96. The maximum absolute atomic E-state index is 11.2. The smallest absolute Gasteiger partial charge is 0.339 e. The molecule has 2 rings (SSSR count). The number of fused-ring (bicyclic) bond motifs is 1. The monoisotopic (exact) mass is 246 g/mol. The Morgan fingerprint density at radius 1 is 1.22 bits per heavy atom. The average Bonchev–Trinajstić information content (AvgIpc) is 2.36. The van der Waals surface area contributed by atoms with Crippen LogP contribution in [0.1, 0.15) is 15.9 Å². The summed E-state index contributed by atoms with van der Waals surface area (Å²) in [6, 6.07) is 7.14. The Bertz CT molecular complexity index is 617. The van der Waals surface area contributed by atoms with Gasteiger partial charge in [0.25, 0.3) is 0 Å². The maximum atomic E-state index is 11.2. The number of aryl methyl sites for hydroxylation is 1. The van der Waals surface area contributed by atoms with Gasteiger partial charge in [0.15, 0.2) is 0 Å². The highest BCUT2D eigenvalue weighted by atomic mass is 16.5. The predicted octanol–water partition coefficient (Wildman–Crippen LogP) is 2.86. The van der Waals surface area contributed by atoms with Crippen molar-refractivity contribution in [3.05, 3.63) is 35.4 Å². The third-order valence-corrected chi connectivity index (χ3v) is 2.94. The molecule has 18 heavy (non-hydrogen) atoms. The maximum Gasteiger partial charge on any atom is 0.339 e. The van der Waals surface area contributed by atoms with E-state index in [9.17, 15) is 9.90 Å². The van der Waals surface area contributed by atoms with Gasteiger partial charge in [-0.2, -0.15) is 0 Å². The van der Waals surface area contributed by atoms with Crippen LogP contribution >= 0.6 is 0 Å². The van der Waals surface area contributed by atoms with E-state index in [2.05, 4.69) is 0 Å². The Hall–Kier alpha value is -2.23. The average molecular weight is 246 g/mol. The summed E-state index contributed by atoms with van der Waals surface area (Å²) in [6.07, 6.45) is 0. The molecule has 0 aliphatic rings. The molecule has 0 saturated heterocycles. The zero-order valence-electron chi connectivity index (χ0n) is 10.5. The van der Waals surface area contributed by atoms with Gasteiger partial charge in [-0.3, -0.25) is 0 Å². The molecule has 0 unspecified atom stereocenters. The van der Waals surface area contributed by atoms with Crippen molar-refractivity contribution in [3.8, 4) is 11.5 Å². The predicted molar refractivity (Wildman–Crippen MR) is 68.7 cm³/mol. The van der Waals surface area contributed by atoms with Crippen LogP contribution in [0.3, 0.4) is 0 Å². The van der Waals surface area contributed by atoms with Gasteiger partial charge in [-0.25, -0.2) is 4.79 Å². The summed E-state index contributed by atoms with van der Waals surface area (Å²) in [5, 5.41) is 10.8. The van der Waals surface area contributed by atoms with Crippen LogP contribution in [0, 0.1) is 6.92 Å². The second-order valence-electron chi connectivity index (χ2n) is 3.96. The van der Waals surface area contributed by atoms with E-state index in [4.69, 9.17) is 9.47 Å². The largest absolute Gasteiger partial charge is 0.496 e. The number of carboxylic acid groups (broad SMARTS) is 1. The highest BCUT2D eigenvalue weighted by Crippen LogP contribution is 2.38. The summed E-state index contributed by atoms with van der Waals surface area (Å²) < 4.78 is 10.5. The second kappa shape index (κ2) is 4.56. The van der Waals surface area contributed by atoms with Crippen molar-refractivity contribution in [3.63, 3.8) is 0 Å². The number of rotatable bonds is 3. The molecule has 0 aliphatic carbocycles. The molecule has 0 spiro atoms. The second-order valence-corrected chi connectivity index (χ2v) is 3.96. The van der Waals surface area contributed by atoms with Gasteiger partial charge in [-0.1, -0.05) is 18.2 Å². The standard InChI is InChI=1S/C14H14O4/c1-8-5-4-6-9-12(8)11(17-2)7-10(14(15)16)13(9)18-3/h4-7H,1-3H3,(H,15,16). The highest BCUT2D eigenvalue weighted by molar-refractivity contribution is 6.04. The summed E-state index contributed by atoms with van der Waals surface area (Å²) in [4.78, 5) is 11.2. The van der Waals surface area contributed by atoms with Crippen LogP contribution < -0.4 is 9.47 Å². The van der Waals surface area contributed by atoms with Crippen LogP contribution in [-0.4, -0.2) is 25.3 Å². The zero-order valence-corrected chi connectivity index (χ0v) is 10.5. The Kier molecular flexibility index (Phi) is 3.10. The number of aromatic carboxylic acids is 1. The summed E-state index contributed by atoms with van der Waals surface area (Å²) in [5.41, 5.74) is 1.12. The summed E-state index contributed by atoms with van der Waals surface area (Å²) in [6.45, 7) is 1.95. The van der Waals surface area contributed by atoms with Crippen molar-refractivity contribution in [2.24, 2.45) is 0 Å².